The Kier molecular flexibility index (Phi) is 5.98. The molecule has 1 saturated heterocycles. The molecule has 1 heterocycles. The summed E-state index contributed by atoms with van der Waals surface area (Å²) in [6, 6.07) is 10.2. The molecule has 2 rings (SSSR count). The Balaban J connectivity index is 2.12. The normalized spacial score (nSPS) is 19.7. The smallest absolute Gasteiger partial charge is 0.212 e. The molecule has 1 atom stereocenters. The van der Waals surface area contributed by atoms with Gasteiger partial charge < -0.3 is 0 Å². The summed E-state index contributed by atoms with van der Waals surface area (Å²) in [4.78, 5) is 0. The van der Waals surface area contributed by atoms with Crippen LogP contribution in [0, 0.1) is 18.3 Å². The molecule has 0 unspecified atom stereocenters. The molecule has 1 fully saturated rings. The number of nitriles is 1. The van der Waals surface area contributed by atoms with Crippen LogP contribution in [0.25, 0.3) is 0 Å². The minimum Gasteiger partial charge on any atom is -0.212 e. The second-order valence-electron chi connectivity index (χ2n) is 5.96. The number of rotatable bonds is 6. The monoisotopic (exact) mass is 320 g/mol. The van der Waals surface area contributed by atoms with Crippen LogP contribution in [0.3, 0.4) is 0 Å². The Morgan fingerprint density at radius 2 is 1.95 bits per heavy atom. The predicted octanol–water partition coefficient (Wildman–Crippen LogP) is 3.55. The molecule has 0 bridgehead atoms. The van der Waals surface area contributed by atoms with E-state index in [0.717, 1.165) is 24.8 Å². The molecule has 1 aliphatic rings. The van der Waals surface area contributed by atoms with Crippen LogP contribution < -0.4 is 0 Å². The van der Waals surface area contributed by atoms with Crippen molar-refractivity contribution in [1.82, 2.24) is 4.31 Å². The Hall–Kier alpha value is -1.38. The molecule has 0 N–H and O–H groups in total. The van der Waals surface area contributed by atoms with E-state index < -0.39 is 10.0 Å². The zero-order valence-corrected chi connectivity index (χ0v) is 14.0. The lowest BCUT2D eigenvalue weighted by Gasteiger charge is -2.35. The van der Waals surface area contributed by atoms with Gasteiger partial charge in [-0.05, 0) is 38.2 Å². The van der Waals surface area contributed by atoms with Gasteiger partial charge in [-0.25, -0.2) is 8.42 Å². The number of sulfonamides is 1. The van der Waals surface area contributed by atoms with E-state index in [0.29, 0.717) is 25.8 Å². The van der Waals surface area contributed by atoms with E-state index >= 15 is 0 Å². The minimum atomic E-state index is -3.25. The topological polar surface area (TPSA) is 61.2 Å². The summed E-state index contributed by atoms with van der Waals surface area (Å²) in [5.41, 5.74) is 2.27. The van der Waals surface area contributed by atoms with Crippen LogP contribution in [0.5, 0.6) is 0 Å². The summed E-state index contributed by atoms with van der Waals surface area (Å²) in [5, 5.41) is 8.55. The van der Waals surface area contributed by atoms with Gasteiger partial charge in [0.25, 0.3) is 0 Å². The van der Waals surface area contributed by atoms with E-state index in [1.807, 2.05) is 31.2 Å². The van der Waals surface area contributed by atoms with Gasteiger partial charge >= 0.3 is 0 Å². The summed E-state index contributed by atoms with van der Waals surface area (Å²) in [5.74, 6) is 0.150. The summed E-state index contributed by atoms with van der Waals surface area (Å²) >= 11 is 0. The Morgan fingerprint density at radius 1 is 1.23 bits per heavy atom. The van der Waals surface area contributed by atoms with Crippen LogP contribution in [0.15, 0.2) is 24.3 Å². The lowest BCUT2D eigenvalue weighted by Crippen LogP contribution is -2.39. The molecule has 22 heavy (non-hydrogen) atoms. The maximum Gasteiger partial charge on any atom is 0.214 e. The van der Waals surface area contributed by atoms with E-state index in [4.69, 9.17) is 5.26 Å². The number of benzene rings is 1. The first kappa shape index (κ1) is 17.0. The van der Waals surface area contributed by atoms with Gasteiger partial charge in [-0.15, -0.1) is 0 Å². The average Bonchev–Trinajstić information content (AvgIpc) is 2.52. The molecule has 1 aromatic carbocycles. The fourth-order valence-electron chi connectivity index (χ4n) is 2.97. The second kappa shape index (κ2) is 7.75. The molecule has 120 valence electrons. The number of hydrogen-bond donors (Lipinski definition) is 0. The summed E-state index contributed by atoms with van der Waals surface area (Å²) in [6.07, 6.45) is 4.53. The molecule has 0 saturated carbocycles. The molecule has 4 nitrogen and oxygen atoms in total. The molecule has 0 aliphatic carbocycles. The van der Waals surface area contributed by atoms with Crippen molar-refractivity contribution in [2.24, 2.45) is 0 Å². The first-order chi connectivity index (χ1) is 10.5. The Labute approximate surface area is 133 Å². The predicted molar refractivity (Wildman–Crippen MR) is 87.7 cm³/mol. The van der Waals surface area contributed by atoms with E-state index in [9.17, 15) is 8.42 Å². The van der Waals surface area contributed by atoms with E-state index in [1.54, 1.807) is 4.31 Å². The Bertz CT molecular complexity index is 617. The lowest BCUT2D eigenvalue weighted by molar-refractivity contribution is 0.256. The fourth-order valence-corrected chi connectivity index (χ4v) is 4.79. The van der Waals surface area contributed by atoms with Crippen molar-refractivity contribution in [3.8, 4) is 6.07 Å². The lowest BCUT2D eigenvalue weighted by atomic mass is 9.97. The third-order valence-electron chi connectivity index (χ3n) is 4.21. The zero-order chi connectivity index (χ0) is 16.0. The first-order valence-electron chi connectivity index (χ1n) is 7.97. The van der Waals surface area contributed by atoms with E-state index in [1.165, 1.54) is 5.56 Å². The quantitative estimate of drug-likeness (QED) is 0.753. The third-order valence-corrected chi connectivity index (χ3v) is 6.17. The molecule has 5 heteroatoms. The van der Waals surface area contributed by atoms with Crippen LogP contribution >= 0.6 is 0 Å². The van der Waals surface area contributed by atoms with Gasteiger partial charge in [-0.1, -0.05) is 36.2 Å². The van der Waals surface area contributed by atoms with Crippen LogP contribution in [0.1, 0.15) is 55.7 Å². The molecule has 1 aromatic rings. The first-order valence-corrected chi connectivity index (χ1v) is 9.58. The maximum atomic E-state index is 12.6. The molecule has 0 aromatic heterocycles. The molecular formula is C17H24N2O2S. The van der Waals surface area contributed by atoms with Crippen LogP contribution in [-0.2, 0) is 10.0 Å². The highest BCUT2D eigenvalue weighted by atomic mass is 32.2. The van der Waals surface area contributed by atoms with Gasteiger partial charge in [0.15, 0.2) is 0 Å². The maximum absolute atomic E-state index is 12.6. The van der Waals surface area contributed by atoms with Crippen molar-refractivity contribution in [3.05, 3.63) is 35.4 Å². The highest BCUT2D eigenvalue weighted by Crippen LogP contribution is 2.33. The second-order valence-corrected chi connectivity index (χ2v) is 8.01. The van der Waals surface area contributed by atoms with Gasteiger partial charge in [-0.3, -0.25) is 0 Å². The number of aryl methyl sites for hydroxylation is 1. The molecule has 0 spiro atoms. The summed E-state index contributed by atoms with van der Waals surface area (Å²) < 4.78 is 27.0. The van der Waals surface area contributed by atoms with Crippen molar-refractivity contribution in [2.45, 2.75) is 51.5 Å². The van der Waals surface area contributed by atoms with Crippen molar-refractivity contribution in [1.29, 1.82) is 5.26 Å². The van der Waals surface area contributed by atoms with Gasteiger partial charge in [0.2, 0.25) is 10.0 Å². The summed E-state index contributed by atoms with van der Waals surface area (Å²) in [7, 11) is -3.25. The standard InChI is InChI=1S/C17H24N2O2S/c1-15-8-10-16(11-9-15)17-7-3-5-13-19(17)22(20,21)14-6-2-4-12-18/h8-11,17H,2-7,13-14H2,1H3/t17-/m1/s1. The third kappa shape index (κ3) is 4.31. The van der Waals surface area contributed by atoms with E-state index in [-0.39, 0.29) is 11.8 Å². The highest BCUT2D eigenvalue weighted by Gasteiger charge is 2.32. The van der Waals surface area contributed by atoms with Gasteiger partial charge in [0, 0.05) is 19.0 Å². The van der Waals surface area contributed by atoms with Crippen LogP contribution in [-0.4, -0.2) is 25.0 Å². The molecule has 1 aliphatic heterocycles. The van der Waals surface area contributed by atoms with Gasteiger partial charge in [0.05, 0.1) is 11.8 Å². The number of hydrogen-bond acceptors (Lipinski definition) is 3. The highest BCUT2D eigenvalue weighted by molar-refractivity contribution is 7.89. The SMILES string of the molecule is Cc1ccc([C@H]2CCCCN2S(=O)(=O)CCCCC#N)cc1. The number of unbranched alkanes of at least 4 members (excludes halogenated alkanes) is 2. The largest absolute Gasteiger partial charge is 0.214 e. The van der Waals surface area contributed by atoms with E-state index in [2.05, 4.69) is 6.07 Å². The van der Waals surface area contributed by atoms with Crippen molar-refractivity contribution >= 4 is 10.0 Å². The van der Waals surface area contributed by atoms with Crippen molar-refractivity contribution < 1.29 is 8.42 Å². The molecular weight excluding hydrogens is 296 g/mol. The minimum absolute atomic E-state index is 0.0321. The van der Waals surface area contributed by atoms with Gasteiger partial charge in [-0.2, -0.15) is 9.57 Å². The molecule has 0 amide bonds. The van der Waals surface area contributed by atoms with Crippen molar-refractivity contribution in [3.63, 3.8) is 0 Å². The van der Waals surface area contributed by atoms with Gasteiger partial charge in [0.1, 0.15) is 0 Å². The summed E-state index contributed by atoms with van der Waals surface area (Å²) in [6.45, 7) is 2.65. The van der Waals surface area contributed by atoms with Crippen LogP contribution in [0.4, 0.5) is 0 Å². The number of piperidine rings is 1. The van der Waals surface area contributed by atoms with Crippen molar-refractivity contribution in [2.75, 3.05) is 12.3 Å². The zero-order valence-electron chi connectivity index (χ0n) is 13.2. The Morgan fingerprint density at radius 3 is 2.64 bits per heavy atom. The number of nitrogens with zero attached hydrogens (tertiary/aromatic N) is 2. The average molecular weight is 320 g/mol. The molecule has 0 radical (unpaired) electrons. The van der Waals surface area contributed by atoms with Crippen LogP contribution in [0.2, 0.25) is 0 Å². The fraction of sp³-hybridized carbons (Fsp3) is 0.588.